The number of nitrogens with one attached hydrogen (secondary N) is 2. The van der Waals surface area contributed by atoms with E-state index in [4.69, 9.17) is 19.6 Å². The van der Waals surface area contributed by atoms with Crippen molar-refractivity contribution in [1.82, 2.24) is 20.0 Å². The highest BCUT2D eigenvalue weighted by atomic mass is 32.5. The van der Waals surface area contributed by atoms with Crippen LogP contribution in [0.25, 0.3) is 0 Å². The van der Waals surface area contributed by atoms with E-state index in [-0.39, 0.29) is 13.1 Å². The Bertz CT molecular complexity index is 539. The maximum absolute atomic E-state index is 12.0. The fourth-order valence-corrected chi connectivity index (χ4v) is 3.49. The monoisotopic (exact) mass is 392 g/mol. The highest BCUT2D eigenvalue weighted by Gasteiger charge is 2.36. The minimum absolute atomic E-state index is 0.110. The van der Waals surface area contributed by atoms with Crippen LogP contribution >= 0.6 is 13.3 Å². The van der Waals surface area contributed by atoms with Crippen LogP contribution in [0.5, 0.6) is 0 Å². The number of rotatable bonds is 2. The van der Waals surface area contributed by atoms with Crippen LogP contribution in [0.2, 0.25) is 0 Å². The van der Waals surface area contributed by atoms with Gasteiger partial charge in [-0.25, -0.2) is 9.59 Å². The summed E-state index contributed by atoms with van der Waals surface area (Å²) in [4.78, 5) is 63.0. The number of piperazine rings is 1. The summed E-state index contributed by atoms with van der Waals surface area (Å²) in [5.41, 5.74) is 0. The lowest BCUT2D eigenvalue weighted by Crippen LogP contribution is -2.62. The second-order valence-electron chi connectivity index (χ2n) is 4.93. The number of amides is 4. The summed E-state index contributed by atoms with van der Waals surface area (Å²) >= 11 is 8.70. The first-order valence-electron chi connectivity index (χ1n) is 6.09. The fourth-order valence-electron chi connectivity index (χ4n) is 2.27. The highest BCUT2D eigenvalue weighted by molar-refractivity contribution is 8.08. The van der Waals surface area contributed by atoms with Crippen LogP contribution in [0.3, 0.4) is 0 Å². The minimum atomic E-state index is -3.88. The molecule has 0 spiro atoms. The molecule has 10 nitrogen and oxygen atoms in total. The normalized spacial score (nSPS) is 23.2. The van der Waals surface area contributed by atoms with E-state index in [2.05, 4.69) is 23.6 Å². The lowest BCUT2D eigenvalue weighted by molar-refractivity contribution is 0.0815. The Morgan fingerprint density at radius 3 is 1.68 bits per heavy atom. The summed E-state index contributed by atoms with van der Waals surface area (Å²) in [5.74, 6) is 0. The third-order valence-electron chi connectivity index (χ3n) is 2.92. The zero-order valence-corrected chi connectivity index (χ0v) is 15.2. The first-order valence-corrected chi connectivity index (χ1v) is 11.5. The van der Waals surface area contributed by atoms with Crippen LogP contribution in [0.1, 0.15) is 13.8 Å². The van der Waals surface area contributed by atoms with Gasteiger partial charge in [-0.15, -0.1) is 0 Å². The van der Waals surface area contributed by atoms with Crippen molar-refractivity contribution in [2.24, 2.45) is 0 Å². The summed E-state index contributed by atoms with van der Waals surface area (Å²) in [7, 11) is 0. The van der Waals surface area contributed by atoms with E-state index < -0.39 is 37.4 Å². The lowest BCUT2D eigenvalue weighted by atomic mass is 10.1. The van der Waals surface area contributed by atoms with Crippen LogP contribution < -0.4 is 10.2 Å². The molecule has 0 saturated carbocycles. The lowest BCUT2D eigenvalue weighted by Gasteiger charge is -2.44. The maximum atomic E-state index is 12.0. The Labute approximate surface area is 137 Å². The van der Waals surface area contributed by atoms with E-state index in [1.54, 1.807) is 13.8 Å². The van der Waals surface area contributed by atoms with Gasteiger partial charge in [-0.2, -0.15) is 0 Å². The highest BCUT2D eigenvalue weighted by Crippen LogP contribution is 2.31. The van der Waals surface area contributed by atoms with Crippen molar-refractivity contribution < 1.29 is 29.2 Å². The maximum Gasteiger partial charge on any atom is 0.325 e. The molecule has 0 aromatic carbocycles. The zero-order chi connectivity index (χ0) is 17.3. The summed E-state index contributed by atoms with van der Waals surface area (Å²) in [5, 5.41) is 3.87. The van der Waals surface area contributed by atoms with E-state index in [1.165, 1.54) is 9.80 Å². The van der Waals surface area contributed by atoms with Crippen LogP contribution in [-0.4, -0.2) is 66.6 Å². The van der Waals surface area contributed by atoms with Gasteiger partial charge in [-0.1, -0.05) is 0 Å². The molecule has 14 heteroatoms. The van der Waals surface area contributed by atoms with Gasteiger partial charge in [0.15, 0.2) is 0 Å². The Hall–Kier alpha value is -0.320. The smallest absolute Gasteiger partial charge is 0.325 e. The second kappa shape index (κ2) is 7.06. The Balaban J connectivity index is 2.77. The molecule has 1 saturated heterocycles. The van der Waals surface area contributed by atoms with Crippen molar-refractivity contribution in [1.29, 1.82) is 0 Å². The van der Waals surface area contributed by atoms with Crippen molar-refractivity contribution in [2.45, 2.75) is 25.9 Å². The molecular weight excluding hydrogens is 374 g/mol. The largest absolute Gasteiger partial charge is 0.330 e. The average molecular weight is 392 g/mol. The number of nitrogens with zero attached hydrogens (tertiary/aromatic N) is 2. The second-order valence-corrected chi connectivity index (χ2v) is 10.6. The molecule has 1 aliphatic rings. The molecule has 6 N–H and O–H groups in total. The number of urea groups is 2. The molecule has 2 atom stereocenters. The first-order chi connectivity index (χ1) is 9.80. The molecule has 0 bridgehead atoms. The minimum Gasteiger partial charge on any atom is -0.330 e. The van der Waals surface area contributed by atoms with E-state index >= 15 is 0 Å². The summed E-state index contributed by atoms with van der Waals surface area (Å²) in [6.07, 6.45) is 0. The molecule has 1 rings (SSSR count). The standard InChI is InChI=1S/C8H18N4O6P2S2/c1-5-3-11(7(13)9-19(15,16)21)4-6(2)12(5)8(14)10-20(17,18)22/h5-6H,3-4H2,1-2H3,(H3,9,13,15,16,21)(H3,10,14,17,18,22). The van der Waals surface area contributed by atoms with Crippen LogP contribution in [0.15, 0.2) is 0 Å². The molecular formula is C8H18N4O6P2S2. The summed E-state index contributed by atoms with van der Waals surface area (Å²) in [6, 6.07) is -2.37. The van der Waals surface area contributed by atoms with Crippen LogP contribution in [-0.2, 0) is 23.6 Å². The van der Waals surface area contributed by atoms with Crippen molar-refractivity contribution >= 4 is 49.0 Å². The first kappa shape index (κ1) is 19.7. The molecule has 1 fully saturated rings. The van der Waals surface area contributed by atoms with Crippen molar-refractivity contribution in [3.8, 4) is 0 Å². The fraction of sp³-hybridized carbons (Fsp3) is 0.750. The third kappa shape index (κ3) is 6.05. The Kier molecular flexibility index (Phi) is 6.33. The van der Waals surface area contributed by atoms with Crippen molar-refractivity contribution in [3.63, 3.8) is 0 Å². The summed E-state index contributed by atoms with van der Waals surface area (Å²) in [6.45, 7) is -4.22. The molecule has 1 heterocycles. The van der Waals surface area contributed by atoms with Gasteiger partial charge in [0.25, 0.3) is 13.3 Å². The van der Waals surface area contributed by atoms with Gasteiger partial charge in [0, 0.05) is 25.2 Å². The van der Waals surface area contributed by atoms with Crippen molar-refractivity contribution in [3.05, 3.63) is 0 Å². The van der Waals surface area contributed by atoms with Gasteiger partial charge in [-0.05, 0) is 37.5 Å². The number of carbonyl (C=O) groups is 2. The molecule has 128 valence electrons. The van der Waals surface area contributed by atoms with Gasteiger partial charge in [-0.3, -0.25) is 10.2 Å². The number of hydrogen-bond acceptors (Lipinski definition) is 4. The molecule has 0 aromatic heterocycles. The number of hydrogen-bond donors (Lipinski definition) is 6. The van der Waals surface area contributed by atoms with E-state index in [9.17, 15) is 9.59 Å². The van der Waals surface area contributed by atoms with Crippen LogP contribution in [0, 0.1) is 0 Å². The SMILES string of the molecule is CC1CN(C(=O)NP(O)(O)=S)CC(C)N1C(=O)NP(O)(O)=S. The topological polar surface area (TPSA) is 146 Å². The van der Waals surface area contributed by atoms with E-state index in [1.807, 2.05) is 10.2 Å². The molecule has 2 unspecified atom stereocenters. The molecule has 0 radical (unpaired) electrons. The van der Waals surface area contributed by atoms with Gasteiger partial charge in [0.05, 0.1) is 0 Å². The van der Waals surface area contributed by atoms with E-state index in [0.717, 1.165) is 0 Å². The summed E-state index contributed by atoms with van der Waals surface area (Å²) < 4.78 is 0. The predicted molar refractivity (Wildman–Crippen MR) is 86.8 cm³/mol. The zero-order valence-electron chi connectivity index (χ0n) is 11.8. The van der Waals surface area contributed by atoms with Gasteiger partial charge in [0.2, 0.25) is 0 Å². The quantitative estimate of drug-likeness (QED) is 0.336. The van der Waals surface area contributed by atoms with Crippen LogP contribution in [0.4, 0.5) is 9.59 Å². The van der Waals surface area contributed by atoms with Crippen molar-refractivity contribution in [2.75, 3.05) is 13.1 Å². The predicted octanol–water partition coefficient (Wildman–Crippen LogP) is -0.782. The van der Waals surface area contributed by atoms with Gasteiger partial charge >= 0.3 is 12.1 Å². The Morgan fingerprint density at radius 1 is 0.955 bits per heavy atom. The number of carbonyl (C=O) groups excluding carboxylic acids is 2. The third-order valence-corrected chi connectivity index (χ3v) is 4.44. The molecule has 0 aliphatic carbocycles. The van der Waals surface area contributed by atoms with E-state index in [0.29, 0.717) is 0 Å². The molecule has 4 amide bonds. The molecule has 1 aliphatic heterocycles. The molecule has 0 aromatic rings. The Morgan fingerprint density at radius 2 is 1.32 bits per heavy atom. The van der Waals surface area contributed by atoms with Gasteiger partial charge in [0.1, 0.15) is 0 Å². The van der Waals surface area contributed by atoms with Gasteiger partial charge < -0.3 is 29.4 Å². The molecule has 22 heavy (non-hydrogen) atoms. The average Bonchev–Trinajstić information content (AvgIpc) is 2.22.